The van der Waals surface area contributed by atoms with Gasteiger partial charge < -0.3 is 10.5 Å². The Morgan fingerprint density at radius 2 is 2.15 bits per heavy atom. The van der Waals surface area contributed by atoms with Gasteiger partial charge in [-0.1, -0.05) is 5.92 Å². The van der Waals surface area contributed by atoms with Crippen molar-refractivity contribution in [3.63, 3.8) is 0 Å². The van der Waals surface area contributed by atoms with E-state index in [1.54, 1.807) is 0 Å². The van der Waals surface area contributed by atoms with Gasteiger partial charge in [-0.05, 0) is 0 Å². The summed E-state index contributed by atoms with van der Waals surface area (Å²) in [6, 6.07) is 0. The first kappa shape index (κ1) is 9.78. The van der Waals surface area contributed by atoms with Crippen molar-refractivity contribution in [2.24, 2.45) is 5.73 Å². The molecule has 0 aliphatic heterocycles. The van der Waals surface area contributed by atoms with E-state index in [4.69, 9.17) is 12.2 Å². The number of halogens is 2. The molecular formula is C8H9F2NO2. The molecule has 0 saturated heterocycles. The van der Waals surface area contributed by atoms with Gasteiger partial charge in [0.05, 0.1) is 6.42 Å². The summed E-state index contributed by atoms with van der Waals surface area (Å²) in [5.74, 6) is -0.798. The van der Waals surface area contributed by atoms with Gasteiger partial charge in [0.1, 0.15) is 0 Å². The van der Waals surface area contributed by atoms with Crippen LogP contribution in [0.4, 0.5) is 13.6 Å². The van der Waals surface area contributed by atoms with Gasteiger partial charge in [0, 0.05) is 12.8 Å². The number of primary amides is 1. The molecule has 13 heavy (non-hydrogen) atoms. The molecule has 0 aromatic carbocycles. The van der Waals surface area contributed by atoms with E-state index in [-0.39, 0.29) is 12.8 Å². The zero-order valence-corrected chi connectivity index (χ0v) is 6.85. The van der Waals surface area contributed by atoms with Crippen LogP contribution in [-0.2, 0) is 4.74 Å². The molecule has 2 N–H and O–H groups in total. The van der Waals surface area contributed by atoms with Crippen LogP contribution < -0.4 is 5.73 Å². The Labute approximate surface area is 74.2 Å². The topological polar surface area (TPSA) is 52.3 Å². The van der Waals surface area contributed by atoms with Crippen LogP contribution in [0.25, 0.3) is 0 Å². The predicted octanol–water partition coefficient (Wildman–Crippen LogP) is 1.27. The number of ether oxygens (including phenoxy) is 1. The molecule has 1 unspecified atom stereocenters. The van der Waals surface area contributed by atoms with Crippen molar-refractivity contribution < 1.29 is 18.3 Å². The molecule has 1 fully saturated rings. The van der Waals surface area contributed by atoms with E-state index in [0.29, 0.717) is 0 Å². The number of nitrogens with two attached hydrogens (primary N) is 1. The van der Waals surface area contributed by atoms with Crippen LogP contribution in [0.2, 0.25) is 0 Å². The number of hydrogen-bond acceptors (Lipinski definition) is 2. The molecule has 72 valence electrons. The summed E-state index contributed by atoms with van der Waals surface area (Å²) in [5, 5.41) is 0. The molecule has 0 aromatic rings. The zero-order chi connectivity index (χ0) is 10.1. The highest BCUT2D eigenvalue weighted by Crippen LogP contribution is 2.43. The van der Waals surface area contributed by atoms with Gasteiger partial charge in [0.15, 0.2) is 5.60 Å². The number of carbonyl (C=O) groups excluding carboxylic acids is 1. The van der Waals surface area contributed by atoms with Crippen LogP contribution in [0.3, 0.4) is 0 Å². The third-order valence-corrected chi connectivity index (χ3v) is 2.00. The fraction of sp³-hybridized carbons (Fsp3) is 0.625. The lowest BCUT2D eigenvalue weighted by Crippen LogP contribution is -2.34. The van der Waals surface area contributed by atoms with Gasteiger partial charge >= 0.3 is 6.09 Å². The van der Waals surface area contributed by atoms with Crippen LogP contribution in [-0.4, -0.2) is 17.6 Å². The van der Waals surface area contributed by atoms with Gasteiger partial charge in [-0.25, -0.2) is 13.6 Å². The molecule has 1 aliphatic carbocycles. The first-order valence-electron chi connectivity index (χ1n) is 3.73. The maximum atomic E-state index is 12.7. The van der Waals surface area contributed by atoms with E-state index in [1.807, 2.05) is 0 Å². The molecule has 1 rings (SSSR count). The van der Waals surface area contributed by atoms with E-state index < -0.39 is 24.0 Å². The van der Waals surface area contributed by atoms with E-state index in [0.717, 1.165) is 0 Å². The lowest BCUT2D eigenvalue weighted by atomic mass is 10.0. The monoisotopic (exact) mass is 189 g/mol. The third kappa shape index (κ3) is 2.08. The SMILES string of the molecule is C#CC1(OC(N)=O)CCC(F)(F)C1. The van der Waals surface area contributed by atoms with Crippen LogP contribution in [0.15, 0.2) is 0 Å². The molecule has 0 aromatic heterocycles. The predicted molar refractivity (Wildman–Crippen MR) is 41.0 cm³/mol. The zero-order valence-electron chi connectivity index (χ0n) is 6.85. The fourth-order valence-electron chi connectivity index (χ4n) is 1.41. The number of hydrogen-bond donors (Lipinski definition) is 1. The minimum atomic E-state index is -2.86. The van der Waals surface area contributed by atoms with Gasteiger partial charge in [-0.15, -0.1) is 6.42 Å². The van der Waals surface area contributed by atoms with Crippen molar-refractivity contribution in [3.05, 3.63) is 0 Å². The first-order chi connectivity index (χ1) is 5.89. The summed E-state index contributed by atoms with van der Waals surface area (Å²) in [7, 11) is 0. The van der Waals surface area contributed by atoms with E-state index in [1.165, 1.54) is 0 Å². The molecule has 5 heteroatoms. The van der Waals surface area contributed by atoms with Crippen molar-refractivity contribution in [1.82, 2.24) is 0 Å². The molecule has 0 bridgehead atoms. The molecule has 1 saturated carbocycles. The molecular weight excluding hydrogens is 180 g/mol. The Bertz CT molecular complexity index is 272. The number of carbonyl (C=O) groups is 1. The Morgan fingerprint density at radius 3 is 2.46 bits per heavy atom. The molecule has 1 atom stereocenters. The van der Waals surface area contributed by atoms with Crippen molar-refractivity contribution in [1.29, 1.82) is 0 Å². The average Bonchev–Trinajstić information content (AvgIpc) is 2.26. The minimum absolute atomic E-state index is 0.0422. The van der Waals surface area contributed by atoms with E-state index >= 15 is 0 Å². The van der Waals surface area contributed by atoms with Crippen LogP contribution in [0.5, 0.6) is 0 Å². The summed E-state index contributed by atoms with van der Waals surface area (Å²) >= 11 is 0. The summed E-state index contributed by atoms with van der Waals surface area (Å²) in [6.07, 6.45) is 2.85. The highest BCUT2D eigenvalue weighted by Gasteiger charge is 2.51. The second-order valence-corrected chi connectivity index (χ2v) is 3.09. The van der Waals surface area contributed by atoms with Gasteiger partial charge in [-0.2, -0.15) is 0 Å². The lowest BCUT2D eigenvalue weighted by molar-refractivity contribution is -0.0186. The van der Waals surface area contributed by atoms with Crippen molar-refractivity contribution >= 4 is 6.09 Å². The smallest absolute Gasteiger partial charge is 0.406 e. The maximum Gasteiger partial charge on any atom is 0.406 e. The molecule has 0 heterocycles. The van der Waals surface area contributed by atoms with Crippen molar-refractivity contribution in [3.8, 4) is 12.3 Å². The summed E-state index contributed by atoms with van der Waals surface area (Å²) in [4.78, 5) is 10.4. The second-order valence-electron chi connectivity index (χ2n) is 3.09. The number of amides is 1. The van der Waals surface area contributed by atoms with Gasteiger partial charge in [0.2, 0.25) is 0 Å². The lowest BCUT2D eigenvalue weighted by Gasteiger charge is -2.21. The van der Waals surface area contributed by atoms with E-state index in [9.17, 15) is 13.6 Å². The second kappa shape index (κ2) is 2.87. The highest BCUT2D eigenvalue weighted by atomic mass is 19.3. The van der Waals surface area contributed by atoms with Gasteiger partial charge in [-0.3, -0.25) is 0 Å². The normalized spacial score (nSPS) is 30.8. The molecule has 1 amide bonds. The maximum absolute atomic E-state index is 12.7. The number of rotatable bonds is 1. The van der Waals surface area contributed by atoms with Crippen LogP contribution in [0.1, 0.15) is 19.3 Å². The summed E-state index contributed by atoms with van der Waals surface area (Å²) in [5.41, 5.74) is 3.22. The van der Waals surface area contributed by atoms with Crippen molar-refractivity contribution in [2.45, 2.75) is 30.8 Å². The molecule has 1 aliphatic rings. The first-order valence-corrected chi connectivity index (χ1v) is 3.73. The summed E-state index contributed by atoms with van der Waals surface area (Å²) in [6.45, 7) is 0. The van der Waals surface area contributed by atoms with Gasteiger partial charge in [0.25, 0.3) is 5.92 Å². The molecule has 0 radical (unpaired) electrons. The van der Waals surface area contributed by atoms with Crippen LogP contribution >= 0.6 is 0 Å². The highest BCUT2D eigenvalue weighted by molar-refractivity contribution is 5.65. The third-order valence-electron chi connectivity index (χ3n) is 2.00. The Hall–Kier alpha value is -1.31. The number of alkyl halides is 2. The van der Waals surface area contributed by atoms with E-state index in [2.05, 4.69) is 10.7 Å². The summed E-state index contributed by atoms with van der Waals surface area (Å²) < 4.78 is 30.0. The largest absolute Gasteiger partial charge is 0.430 e. The fourth-order valence-corrected chi connectivity index (χ4v) is 1.41. The number of terminal acetylenes is 1. The Kier molecular flexibility index (Phi) is 2.16. The van der Waals surface area contributed by atoms with Crippen molar-refractivity contribution in [2.75, 3.05) is 0 Å². The minimum Gasteiger partial charge on any atom is -0.430 e. The quantitative estimate of drug-likeness (QED) is 0.631. The standard InChI is InChI=1S/C8H9F2NO2/c1-2-7(13-6(11)12)3-4-8(9,10)5-7/h1H,3-5H2,(H2,11,12). The Morgan fingerprint density at radius 1 is 1.54 bits per heavy atom. The van der Waals surface area contributed by atoms with Crippen LogP contribution in [0, 0.1) is 12.3 Å². The molecule has 3 nitrogen and oxygen atoms in total. The molecule has 0 spiro atoms. The average molecular weight is 189 g/mol. The Balaban J connectivity index is 2.76.